The standard InChI is InChI=1S/C27H19ClIN5O2/c1-35-24-13-18(12-23(29)26(24)36-16-17-7-9-20(28)10-8-17)11-19(14-30)25-22(15-31)27(32)34(33-25)21-5-3-2-4-6-21/h2-13H,16,32H2,1H3/b19-11+. The molecule has 0 atom stereocenters. The smallest absolute Gasteiger partial charge is 0.174 e. The molecule has 1 heterocycles. The van der Waals surface area contributed by atoms with Crippen LogP contribution in [0.1, 0.15) is 22.4 Å². The Labute approximate surface area is 227 Å². The van der Waals surface area contributed by atoms with Gasteiger partial charge in [-0.2, -0.15) is 15.6 Å². The molecule has 3 aromatic carbocycles. The van der Waals surface area contributed by atoms with Gasteiger partial charge in [-0.05, 0) is 76.2 Å². The van der Waals surface area contributed by atoms with Crippen LogP contribution in [-0.4, -0.2) is 16.9 Å². The van der Waals surface area contributed by atoms with Gasteiger partial charge < -0.3 is 15.2 Å². The fourth-order valence-electron chi connectivity index (χ4n) is 3.52. The number of nitrogens with zero attached hydrogens (tertiary/aromatic N) is 4. The molecule has 0 unspecified atom stereocenters. The molecule has 0 spiro atoms. The van der Waals surface area contributed by atoms with Crippen molar-refractivity contribution in [2.75, 3.05) is 12.8 Å². The van der Waals surface area contributed by atoms with E-state index in [1.54, 1.807) is 31.4 Å². The lowest BCUT2D eigenvalue weighted by Gasteiger charge is -2.14. The molecule has 0 aliphatic rings. The summed E-state index contributed by atoms with van der Waals surface area (Å²) in [6.45, 7) is 0.337. The van der Waals surface area contributed by atoms with Gasteiger partial charge in [0.15, 0.2) is 11.5 Å². The molecule has 0 saturated heterocycles. The van der Waals surface area contributed by atoms with Crippen molar-refractivity contribution in [3.63, 3.8) is 0 Å². The average molecular weight is 608 g/mol. The Kier molecular flexibility index (Phi) is 7.79. The Morgan fingerprint density at radius 3 is 2.50 bits per heavy atom. The first-order chi connectivity index (χ1) is 17.4. The second-order valence-electron chi connectivity index (χ2n) is 7.59. The number of methoxy groups -OCH3 is 1. The van der Waals surface area contributed by atoms with E-state index in [0.29, 0.717) is 34.4 Å². The van der Waals surface area contributed by atoms with Gasteiger partial charge in [-0.15, -0.1) is 0 Å². The molecule has 0 aliphatic carbocycles. The van der Waals surface area contributed by atoms with Crippen LogP contribution >= 0.6 is 34.2 Å². The summed E-state index contributed by atoms with van der Waals surface area (Å²) in [5, 5.41) is 24.8. The third-order valence-electron chi connectivity index (χ3n) is 5.27. The number of nitriles is 2. The van der Waals surface area contributed by atoms with E-state index >= 15 is 0 Å². The molecule has 36 heavy (non-hydrogen) atoms. The van der Waals surface area contributed by atoms with E-state index < -0.39 is 0 Å². The van der Waals surface area contributed by atoms with E-state index in [2.05, 4.69) is 39.8 Å². The van der Waals surface area contributed by atoms with Gasteiger partial charge in [0.2, 0.25) is 0 Å². The number of nitrogens with two attached hydrogens (primary N) is 1. The van der Waals surface area contributed by atoms with Crippen molar-refractivity contribution in [1.29, 1.82) is 10.5 Å². The highest BCUT2D eigenvalue weighted by molar-refractivity contribution is 14.1. The number of halogens is 2. The lowest BCUT2D eigenvalue weighted by Crippen LogP contribution is -2.02. The van der Waals surface area contributed by atoms with Crippen molar-refractivity contribution in [2.45, 2.75) is 6.61 Å². The summed E-state index contributed by atoms with van der Waals surface area (Å²) < 4.78 is 13.8. The molecule has 4 aromatic rings. The first kappa shape index (κ1) is 25.1. The van der Waals surface area contributed by atoms with Crippen molar-refractivity contribution in [3.05, 3.63) is 97.7 Å². The average Bonchev–Trinajstić information content (AvgIpc) is 3.23. The minimum Gasteiger partial charge on any atom is -0.493 e. The molecule has 1 aromatic heterocycles. The first-order valence-corrected chi connectivity index (χ1v) is 12.1. The van der Waals surface area contributed by atoms with E-state index in [9.17, 15) is 10.5 Å². The number of anilines is 1. The highest BCUT2D eigenvalue weighted by Gasteiger charge is 2.20. The molecule has 0 aliphatic heterocycles. The van der Waals surface area contributed by atoms with Crippen LogP contribution < -0.4 is 15.2 Å². The molecule has 2 N–H and O–H groups in total. The molecular formula is C27H19ClIN5O2. The van der Waals surface area contributed by atoms with Gasteiger partial charge in [0, 0.05) is 5.02 Å². The van der Waals surface area contributed by atoms with Crippen LogP contribution in [0, 0.1) is 26.2 Å². The number of aromatic nitrogens is 2. The maximum absolute atomic E-state index is 9.93. The highest BCUT2D eigenvalue weighted by Crippen LogP contribution is 2.36. The molecule has 0 bridgehead atoms. The molecule has 4 rings (SSSR count). The Hall–Kier alpha value is -3.99. The van der Waals surface area contributed by atoms with Crippen molar-refractivity contribution >= 4 is 51.7 Å². The fraction of sp³-hybridized carbons (Fsp3) is 0.0741. The molecule has 0 saturated carbocycles. The summed E-state index contributed by atoms with van der Waals surface area (Å²) in [5.41, 5.74) is 9.08. The summed E-state index contributed by atoms with van der Waals surface area (Å²) in [5.74, 6) is 1.26. The number of para-hydroxylation sites is 1. The van der Waals surface area contributed by atoms with Gasteiger partial charge >= 0.3 is 0 Å². The summed E-state index contributed by atoms with van der Waals surface area (Å²) in [4.78, 5) is 0. The molecule has 7 nitrogen and oxygen atoms in total. The predicted molar refractivity (Wildman–Crippen MR) is 148 cm³/mol. The molecule has 0 radical (unpaired) electrons. The number of hydrogen-bond donors (Lipinski definition) is 1. The fourth-order valence-corrected chi connectivity index (χ4v) is 4.42. The van der Waals surface area contributed by atoms with Gasteiger partial charge in [0.1, 0.15) is 35.8 Å². The van der Waals surface area contributed by atoms with Crippen molar-refractivity contribution in [1.82, 2.24) is 9.78 Å². The number of ether oxygens (including phenoxy) is 2. The number of rotatable bonds is 7. The van der Waals surface area contributed by atoms with Crippen LogP contribution in [0.2, 0.25) is 5.02 Å². The van der Waals surface area contributed by atoms with Crippen molar-refractivity contribution in [2.24, 2.45) is 0 Å². The molecule has 178 valence electrons. The summed E-state index contributed by atoms with van der Waals surface area (Å²) in [7, 11) is 1.55. The van der Waals surface area contributed by atoms with E-state index in [1.807, 2.05) is 48.5 Å². The largest absolute Gasteiger partial charge is 0.493 e. The SMILES string of the molecule is COc1cc(/C=C(\C#N)c2nn(-c3ccccc3)c(N)c2C#N)cc(I)c1OCc1ccc(Cl)cc1. The van der Waals surface area contributed by atoms with Crippen LogP contribution in [0.4, 0.5) is 5.82 Å². The molecule has 9 heteroatoms. The molecule has 0 amide bonds. The lowest BCUT2D eigenvalue weighted by molar-refractivity contribution is 0.282. The van der Waals surface area contributed by atoms with Crippen LogP contribution in [0.25, 0.3) is 17.3 Å². The summed E-state index contributed by atoms with van der Waals surface area (Å²) in [6.07, 6.45) is 1.64. The molecule has 0 fully saturated rings. The van der Waals surface area contributed by atoms with Crippen LogP contribution in [-0.2, 0) is 6.61 Å². The maximum Gasteiger partial charge on any atom is 0.174 e. The van der Waals surface area contributed by atoms with Crippen LogP contribution in [0.15, 0.2) is 66.7 Å². The van der Waals surface area contributed by atoms with Gasteiger partial charge in [0.05, 0.1) is 21.9 Å². The van der Waals surface area contributed by atoms with E-state index in [0.717, 1.165) is 9.13 Å². The minimum atomic E-state index is 0.135. The zero-order valence-corrected chi connectivity index (χ0v) is 22.0. The third-order valence-corrected chi connectivity index (χ3v) is 6.32. The van der Waals surface area contributed by atoms with E-state index in [-0.39, 0.29) is 22.6 Å². The monoisotopic (exact) mass is 607 g/mol. The zero-order valence-electron chi connectivity index (χ0n) is 19.1. The first-order valence-electron chi connectivity index (χ1n) is 10.7. The van der Waals surface area contributed by atoms with Crippen LogP contribution in [0.5, 0.6) is 11.5 Å². The lowest BCUT2D eigenvalue weighted by atomic mass is 10.1. The number of benzene rings is 3. The second kappa shape index (κ2) is 11.2. The van der Waals surface area contributed by atoms with E-state index in [1.165, 1.54) is 4.68 Å². The Morgan fingerprint density at radius 2 is 1.86 bits per heavy atom. The maximum atomic E-state index is 9.93. The zero-order chi connectivity index (χ0) is 25.7. The van der Waals surface area contributed by atoms with Crippen LogP contribution in [0.3, 0.4) is 0 Å². The summed E-state index contributed by atoms with van der Waals surface area (Å²) in [6, 6.07) is 24.4. The highest BCUT2D eigenvalue weighted by atomic mass is 127. The van der Waals surface area contributed by atoms with Gasteiger partial charge in [0.25, 0.3) is 0 Å². The van der Waals surface area contributed by atoms with Crippen molar-refractivity contribution in [3.8, 4) is 29.3 Å². The minimum absolute atomic E-state index is 0.135. The quantitative estimate of drug-likeness (QED) is 0.197. The topological polar surface area (TPSA) is 110 Å². The normalized spacial score (nSPS) is 11.0. The van der Waals surface area contributed by atoms with E-state index in [4.69, 9.17) is 26.8 Å². The Balaban J connectivity index is 1.69. The second-order valence-corrected chi connectivity index (χ2v) is 9.19. The predicted octanol–water partition coefficient (Wildman–Crippen LogP) is 6.24. The molecular weight excluding hydrogens is 589 g/mol. The summed E-state index contributed by atoms with van der Waals surface area (Å²) >= 11 is 8.11. The number of allylic oxidation sites excluding steroid dienone is 1. The van der Waals surface area contributed by atoms with Gasteiger partial charge in [-0.1, -0.05) is 41.9 Å². The third kappa shape index (κ3) is 5.30. The Bertz CT molecular complexity index is 1520. The Morgan fingerprint density at radius 1 is 1.14 bits per heavy atom. The number of nitrogen functional groups attached to an aromatic ring is 1. The van der Waals surface area contributed by atoms with Crippen molar-refractivity contribution < 1.29 is 9.47 Å². The number of hydrogen-bond acceptors (Lipinski definition) is 6. The van der Waals surface area contributed by atoms with Gasteiger partial charge in [-0.25, -0.2) is 4.68 Å². The van der Waals surface area contributed by atoms with Gasteiger partial charge in [-0.3, -0.25) is 0 Å².